The van der Waals surface area contributed by atoms with Gasteiger partial charge in [-0.05, 0) is 42.1 Å². The van der Waals surface area contributed by atoms with Crippen molar-refractivity contribution in [2.45, 2.75) is 19.6 Å². The highest BCUT2D eigenvalue weighted by Gasteiger charge is 2.15. The van der Waals surface area contributed by atoms with Crippen molar-refractivity contribution in [1.29, 1.82) is 0 Å². The molecule has 4 heteroatoms. The van der Waals surface area contributed by atoms with Crippen LogP contribution in [0.25, 0.3) is 10.8 Å². The van der Waals surface area contributed by atoms with Gasteiger partial charge < -0.3 is 9.47 Å². The fraction of sp³-hybridized carbons (Fsp3) is 0.273. The van der Waals surface area contributed by atoms with Gasteiger partial charge in [-0.1, -0.05) is 42.5 Å². The second kappa shape index (κ2) is 7.44. The van der Waals surface area contributed by atoms with Crippen molar-refractivity contribution in [2.24, 2.45) is 0 Å². The van der Waals surface area contributed by atoms with E-state index in [0.717, 1.165) is 29.7 Å². The van der Waals surface area contributed by atoms with Gasteiger partial charge in [0.25, 0.3) is 0 Å². The quantitative estimate of drug-likeness (QED) is 0.692. The van der Waals surface area contributed by atoms with Gasteiger partial charge in [0.15, 0.2) is 0 Å². The standard InChI is InChI=1S/C22H22FNO2/c1-24-12-11-19-16(13-25-15-24)5-4-8-22(19)26-14-17-9-10-21(23)20-7-3-2-6-18(17)20/h2-10H,11-15H2,1H3. The Kier molecular flexibility index (Phi) is 4.87. The minimum absolute atomic E-state index is 0.200. The van der Waals surface area contributed by atoms with E-state index in [0.29, 0.717) is 25.3 Å². The predicted octanol–water partition coefficient (Wildman–Crippen LogP) is 4.52. The van der Waals surface area contributed by atoms with Gasteiger partial charge in [0.2, 0.25) is 0 Å². The van der Waals surface area contributed by atoms with Crippen LogP contribution in [0, 0.1) is 5.82 Å². The molecule has 26 heavy (non-hydrogen) atoms. The molecule has 0 N–H and O–H groups in total. The summed E-state index contributed by atoms with van der Waals surface area (Å²) in [7, 11) is 2.05. The highest BCUT2D eigenvalue weighted by atomic mass is 19.1. The lowest BCUT2D eigenvalue weighted by Crippen LogP contribution is -2.27. The van der Waals surface area contributed by atoms with Gasteiger partial charge in [-0.25, -0.2) is 4.39 Å². The lowest BCUT2D eigenvalue weighted by molar-refractivity contribution is 0.0277. The summed E-state index contributed by atoms with van der Waals surface area (Å²) in [5, 5.41) is 1.53. The number of hydrogen-bond donors (Lipinski definition) is 0. The van der Waals surface area contributed by atoms with E-state index >= 15 is 0 Å². The molecule has 1 aliphatic heterocycles. The topological polar surface area (TPSA) is 21.7 Å². The molecule has 0 atom stereocenters. The molecule has 0 amide bonds. The number of benzene rings is 3. The van der Waals surface area contributed by atoms with E-state index in [1.807, 2.05) is 30.3 Å². The Morgan fingerprint density at radius 2 is 1.88 bits per heavy atom. The van der Waals surface area contributed by atoms with Gasteiger partial charge in [-0.2, -0.15) is 0 Å². The van der Waals surface area contributed by atoms with E-state index < -0.39 is 0 Å². The first-order valence-corrected chi connectivity index (χ1v) is 8.88. The summed E-state index contributed by atoms with van der Waals surface area (Å²) in [6, 6.07) is 17.0. The Morgan fingerprint density at radius 3 is 2.77 bits per heavy atom. The summed E-state index contributed by atoms with van der Waals surface area (Å²) >= 11 is 0. The van der Waals surface area contributed by atoms with Crippen LogP contribution in [0.4, 0.5) is 4.39 Å². The third kappa shape index (κ3) is 3.43. The number of ether oxygens (including phenoxy) is 2. The van der Waals surface area contributed by atoms with Crippen molar-refractivity contribution in [2.75, 3.05) is 20.3 Å². The zero-order valence-electron chi connectivity index (χ0n) is 14.9. The molecule has 0 radical (unpaired) electrons. The Balaban J connectivity index is 1.61. The number of rotatable bonds is 3. The summed E-state index contributed by atoms with van der Waals surface area (Å²) in [4.78, 5) is 2.16. The number of likely N-dealkylation sites (N-methyl/N-ethyl adjacent to an activating group) is 1. The van der Waals surface area contributed by atoms with E-state index in [1.54, 1.807) is 12.1 Å². The SMILES string of the molecule is CN1CCc2c(cccc2OCc2ccc(F)c3ccccc23)COC1. The van der Waals surface area contributed by atoms with E-state index in [1.165, 1.54) is 17.2 Å². The molecule has 0 aromatic heterocycles. The van der Waals surface area contributed by atoms with Crippen LogP contribution < -0.4 is 4.74 Å². The van der Waals surface area contributed by atoms with E-state index in [9.17, 15) is 4.39 Å². The van der Waals surface area contributed by atoms with Crippen molar-refractivity contribution >= 4 is 10.8 Å². The van der Waals surface area contributed by atoms with Gasteiger partial charge in [0.05, 0.1) is 13.3 Å². The van der Waals surface area contributed by atoms with Gasteiger partial charge >= 0.3 is 0 Å². The normalized spacial score (nSPS) is 15.3. The van der Waals surface area contributed by atoms with Crippen LogP contribution in [0.1, 0.15) is 16.7 Å². The second-order valence-corrected chi connectivity index (χ2v) is 6.74. The fourth-order valence-electron chi connectivity index (χ4n) is 3.45. The molecule has 4 rings (SSSR count). The highest BCUT2D eigenvalue weighted by Crippen LogP contribution is 2.28. The summed E-state index contributed by atoms with van der Waals surface area (Å²) in [5.74, 6) is 0.684. The van der Waals surface area contributed by atoms with Crippen LogP contribution in [0.3, 0.4) is 0 Å². The number of hydrogen-bond acceptors (Lipinski definition) is 3. The van der Waals surface area contributed by atoms with Crippen molar-refractivity contribution in [3.05, 3.63) is 77.1 Å². The first kappa shape index (κ1) is 17.0. The van der Waals surface area contributed by atoms with Crippen LogP contribution >= 0.6 is 0 Å². The average Bonchev–Trinajstić information content (AvgIpc) is 2.65. The van der Waals surface area contributed by atoms with Crippen LogP contribution in [-0.4, -0.2) is 25.2 Å². The van der Waals surface area contributed by atoms with Gasteiger partial charge in [-0.15, -0.1) is 0 Å². The molecule has 3 aromatic rings. The summed E-state index contributed by atoms with van der Waals surface area (Å²) in [5.41, 5.74) is 3.36. The number of nitrogens with zero attached hydrogens (tertiary/aromatic N) is 1. The molecule has 0 unspecified atom stereocenters. The van der Waals surface area contributed by atoms with Crippen LogP contribution in [0.2, 0.25) is 0 Å². The Hall–Kier alpha value is -2.43. The Bertz CT molecular complexity index is 925. The molecule has 0 saturated carbocycles. The molecule has 1 aliphatic rings. The molecule has 0 fully saturated rings. The maximum absolute atomic E-state index is 14.0. The van der Waals surface area contributed by atoms with Gasteiger partial charge in [0.1, 0.15) is 18.2 Å². The third-order valence-corrected chi connectivity index (χ3v) is 4.89. The van der Waals surface area contributed by atoms with Crippen molar-refractivity contribution in [1.82, 2.24) is 4.90 Å². The van der Waals surface area contributed by atoms with Crippen molar-refractivity contribution in [3.8, 4) is 5.75 Å². The number of halogens is 1. The third-order valence-electron chi connectivity index (χ3n) is 4.89. The Labute approximate surface area is 153 Å². The number of fused-ring (bicyclic) bond motifs is 2. The minimum Gasteiger partial charge on any atom is -0.489 e. The van der Waals surface area contributed by atoms with Gasteiger partial charge in [0, 0.05) is 17.5 Å². The molecule has 0 saturated heterocycles. The van der Waals surface area contributed by atoms with Crippen LogP contribution in [-0.2, 0) is 24.4 Å². The van der Waals surface area contributed by atoms with E-state index in [4.69, 9.17) is 9.47 Å². The molecule has 134 valence electrons. The first-order chi connectivity index (χ1) is 12.7. The Morgan fingerprint density at radius 1 is 1.04 bits per heavy atom. The highest BCUT2D eigenvalue weighted by molar-refractivity contribution is 5.86. The molecular formula is C22H22FNO2. The maximum Gasteiger partial charge on any atom is 0.131 e. The van der Waals surface area contributed by atoms with Crippen molar-refractivity contribution in [3.63, 3.8) is 0 Å². The lowest BCUT2D eigenvalue weighted by atomic mass is 10.0. The fourth-order valence-corrected chi connectivity index (χ4v) is 3.45. The van der Waals surface area contributed by atoms with Crippen molar-refractivity contribution < 1.29 is 13.9 Å². The second-order valence-electron chi connectivity index (χ2n) is 6.74. The summed E-state index contributed by atoms with van der Waals surface area (Å²) in [6.45, 7) is 2.57. The maximum atomic E-state index is 14.0. The minimum atomic E-state index is -0.200. The average molecular weight is 351 g/mol. The zero-order valence-corrected chi connectivity index (χ0v) is 14.9. The molecule has 3 aromatic carbocycles. The zero-order chi connectivity index (χ0) is 17.9. The first-order valence-electron chi connectivity index (χ1n) is 8.88. The summed E-state index contributed by atoms with van der Waals surface area (Å²) in [6.07, 6.45) is 0.926. The molecule has 3 nitrogen and oxygen atoms in total. The molecule has 0 bridgehead atoms. The smallest absolute Gasteiger partial charge is 0.131 e. The molecule has 0 spiro atoms. The van der Waals surface area contributed by atoms with Crippen LogP contribution in [0.15, 0.2) is 54.6 Å². The van der Waals surface area contributed by atoms with E-state index in [2.05, 4.69) is 18.0 Å². The van der Waals surface area contributed by atoms with E-state index in [-0.39, 0.29) is 5.82 Å². The molecule has 0 aliphatic carbocycles. The predicted molar refractivity (Wildman–Crippen MR) is 101 cm³/mol. The summed E-state index contributed by atoms with van der Waals surface area (Å²) < 4.78 is 25.9. The molecule has 1 heterocycles. The van der Waals surface area contributed by atoms with Gasteiger partial charge in [-0.3, -0.25) is 4.90 Å². The molecular weight excluding hydrogens is 329 g/mol. The van der Waals surface area contributed by atoms with Crippen LogP contribution in [0.5, 0.6) is 5.75 Å². The largest absolute Gasteiger partial charge is 0.489 e. The lowest BCUT2D eigenvalue weighted by Gasteiger charge is -2.23. The monoisotopic (exact) mass is 351 g/mol.